The molecule has 0 saturated carbocycles. The molecule has 3 aliphatic rings. The summed E-state index contributed by atoms with van der Waals surface area (Å²) in [4.78, 5) is 57.2. The van der Waals surface area contributed by atoms with Gasteiger partial charge in [0.25, 0.3) is 0 Å². The van der Waals surface area contributed by atoms with Crippen LogP contribution < -0.4 is 9.64 Å². The number of rotatable bonds is 4. The minimum Gasteiger partial charge on any atom is -0.427 e. The monoisotopic (exact) mass is 528 g/mol. The molecule has 7 rings (SSSR count). The molecule has 7 heteroatoms. The summed E-state index contributed by atoms with van der Waals surface area (Å²) < 4.78 is 5.12. The van der Waals surface area contributed by atoms with Crippen molar-refractivity contribution in [2.45, 2.75) is 19.0 Å². The molecule has 3 heterocycles. The van der Waals surface area contributed by atoms with E-state index in [9.17, 15) is 19.2 Å². The summed E-state index contributed by atoms with van der Waals surface area (Å²) >= 11 is 0. The highest BCUT2D eigenvalue weighted by molar-refractivity contribution is 6.27. The van der Waals surface area contributed by atoms with Crippen LogP contribution in [0.5, 0.6) is 5.75 Å². The standard InChI is InChI=1S/C33H24N2O5/c1-19(36)40-23-15-13-22(14-16-23)31(37)30-28-27(29-25-11-5-3-8-21(25)17-18-34(29)30)32(38)35(33(28)39)26-12-6-9-20-7-2-4-10-24(20)26/h2-18,27-30H,1H3/t27-,28-,29+,30+/m0/s1. The topological polar surface area (TPSA) is 84.0 Å². The summed E-state index contributed by atoms with van der Waals surface area (Å²) in [5, 5.41) is 1.72. The fraction of sp³-hybridized carbons (Fsp3) is 0.152. The zero-order valence-electron chi connectivity index (χ0n) is 21.6. The van der Waals surface area contributed by atoms with Gasteiger partial charge < -0.3 is 9.64 Å². The highest BCUT2D eigenvalue weighted by atomic mass is 16.5. The average molecular weight is 529 g/mol. The number of hydrogen-bond acceptors (Lipinski definition) is 6. The summed E-state index contributed by atoms with van der Waals surface area (Å²) in [7, 11) is 0. The number of imide groups is 1. The molecule has 4 aromatic carbocycles. The first kappa shape index (κ1) is 24.0. The number of anilines is 1. The van der Waals surface area contributed by atoms with Crippen molar-refractivity contribution in [2.75, 3.05) is 4.90 Å². The molecule has 7 nitrogen and oxygen atoms in total. The number of carbonyl (C=O) groups excluding carboxylic acids is 4. The van der Waals surface area contributed by atoms with E-state index in [1.54, 1.807) is 30.3 Å². The van der Waals surface area contributed by atoms with E-state index in [4.69, 9.17) is 4.74 Å². The molecule has 4 aromatic rings. The summed E-state index contributed by atoms with van der Waals surface area (Å²) in [6.07, 6.45) is 3.76. The number of Topliss-reactive ketones (excluding diaryl/α,β-unsaturated/α-hetero) is 1. The van der Waals surface area contributed by atoms with E-state index in [-0.39, 0.29) is 17.6 Å². The molecule has 3 aliphatic heterocycles. The highest BCUT2D eigenvalue weighted by Gasteiger charge is 2.64. The van der Waals surface area contributed by atoms with Crippen LogP contribution in [0.15, 0.2) is 97.2 Å². The number of ketones is 1. The van der Waals surface area contributed by atoms with Gasteiger partial charge in [-0.2, -0.15) is 0 Å². The van der Waals surface area contributed by atoms with Crippen LogP contribution in [0, 0.1) is 11.8 Å². The van der Waals surface area contributed by atoms with Gasteiger partial charge in [-0.1, -0.05) is 60.7 Å². The van der Waals surface area contributed by atoms with Gasteiger partial charge in [-0.05, 0) is 52.9 Å². The van der Waals surface area contributed by atoms with E-state index in [1.807, 2.05) is 77.8 Å². The van der Waals surface area contributed by atoms with Crippen molar-refractivity contribution in [3.63, 3.8) is 0 Å². The van der Waals surface area contributed by atoms with Gasteiger partial charge in [0.1, 0.15) is 11.8 Å². The van der Waals surface area contributed by atoms with Crippen molar-refractivity contribution in [2.24, 2.45) is 11.8 Å². The van der Waals surface area contributed by atoms with Crippen molar-refractivity contribution < 1.29 is 23.9 Å². The summed E-state index contributed by atoms with van der Waals surface area (Å²) in [5.74, 6) is -2.67. The van der Waals surface area contributed by atoms with Crippen molar-refractivity contribution >= 4 is 46.1 Å². The van der Waals surface area contributed by atoms with Crippen LogP contribution in [0.4, 0.5) is 5.69 Å². The Hall–Kier alpha value is -5.04. The molecule has 0 aromatic heterocycles. The van der Waals surface area contributed by atoms with E-state index in [1.165, 1.54) is 11.8 Å². The minimum atomic E-state index is -0.879. The number of ether oxygens (including phenoxy) is 1. The molecule has 2 amide bonds. The maximum absolute atomic E-state index is 14.3. The van der Waals surface area contributed by atoms with Crippen molar-refractivity contribution in [3.05, 3.63) is 114 Å². The Labute approximate surface area is 230 Å². The number of carbonyl (C=O) groups is 4. The van der Waals surface area contributed by atoms with Crippen LogP contribution >= 0.6 is 0 Å². The molecular weight excluding hydrogens is 504 g/mol. The lowest BCUT2D eigenvalue weighted by molar-refractivity contribution is -0.132. The highest BCUT2D eigenvalue weighted by Crippen LogP contribution is 2.54. The molecule has 0 radical (unpaired) electrons. The van der Waals surface area contributed by atoms with Crippen molar-refractivity contribution in [1.82, 2.24) is 4.90 Å². The molecule has 40 heavy (non-hydrogen) atoms. The molecule has 0 spiro atoms. The molecule has 0 unspecified atom stereocenters. The fourth-order valence-electron chi connectivity index (χ4n) is 6.52. The van der Waals surface area contributed by atoms with Gasteiger partial charge in [0.05, 0.1) is 23.6 Å². The Bertz CT molecular complexity index is 1750. The maximum atomic E-state index is 14.3. The molecule has 0 aliphatic carbocycles. The lowest BCUT2D eigenvalue weighted by atomic mass is 9.83. The smallest absolute Gasteiger partial charge is 0.308 e. The third kappa shape index (κ3) is 3.51. The minimum absolute atomic E-state index is 0.267. The lowest BCUT2D eigenvalue weighted by Crippen LogP contribution is -2.44. The SMILES string of the molecule is CC(=O)Oc1ccc(C(=O)[C@H]2[C@H]3C(=O)N(c4cccc5ccccc45)C(=O)[C@@H]3[C@H]3c4ccccc4C=CN32)cc1. The number of fused-ring (bicyclic) bond motifs is 6. The number of benzene rings is 4. The molecular formula is C33H24N2O5. The Morgan fingerprint density at radius 2 is 1.48 bits per heavy atom. The van der Waals surface area contributed by atoms with Crippen LogP contribution in [0.2, 0.25) is 0 Å². The zero-order valence-corrected chi connectivity index (χ0v) is 21.6. The third-order valence-electron chi connectivity index (χ3n) is 8.14. The van der Waals surface area contributed by atoms with E-state index in [0.29, 0.717) is 17.0 Å². The van der Waals surface area contributed by atoms with Crippen LogP contribution in [0.1, 0.15) is 34.5 Å². The summed E-state index contributed by atoms with van der Waals surface area (Å²) in [5.41, 5.74) is 2.79. The first-order valence-corrected chi connectivity index (χ1v) is 13.2. The van der Waals surface area contributed by atoms with Gasteiger partial charge in [0.2, 0.25) is 11.8 Å². The van der Waals surface area contributed by atoms with Crippen LogP contribution in [0.25, 0.3) is 16.8 Å². The second-order valence-electron chi connectivity index (χ2n) is 10.3. The molecule has 2 fully saturated rings. The van der Waals surface area contributed by atoms with Gasteiger partial charge in [0, 0.05) is 24.1 Å². The van der Waals surface area contributed by atoms with E-state index in [2.05, 4.69) is 0 Å². The summed E-state index contributed by atoms with van der Waals surface area (Å²) in [6.45, 7) is 1.31. The largest absolute Gasteiger partial charge is 0.427 e. The van der Waals surface area contributed by atoms with Gasteiger partial charge in [-0.3, -0.25) is 19.2 Å². The lowest BCUT2D eigenvalue weighted by Gasteiger charge is -2.35. The molecule has 196 valence electrons. The number of hydrogen-bond donors (Lipinski definition) is 0. The fourth-order valence-corrected chi connectivity index (χ4v) is 6.52. The molecule has 4 atom stereocenters. The maximum Gasteiger partial charge on any atom is 0.308 e. The Balaban J connectivity index is 1.35. The molecule has 0 N–H and O–H groups in total. The van der Waals surface area contributed by atoms with Crippen molar-refractivity contribution in [3.8, 4) is 5.75 Å². The van der Waals surface area contributed by atoms with Gasteiger partial charge in [-0.25, -0.2) is 4.90 Å². The predicted molar refractivity (Wildman–Crippen MR) is 149 cm³/mol. The van der Waals surface area contributed by atoms with Crippen LogP contribution in [-0.2, 0) is 14.4 Å². The second kappa shape index (κ2) is 9.02. The Kier molecular flexibility index (Phi) is 5.42. The Morgan fingerprint density at radius 3 is 2.27 bits per heavy atom. The zero-order chi connectivity index (χ0) is 27.5. The van der Waals surface area contributed by atoms with E-state index >= 15 is 0 Å². The van der Waals surface area contributed by atoms with Gasteiger partial charge >= 0.3 is 5.97 Å². The molecule has 0 bridgehead atoms. The van der Waals surface area contributed by atoms with Crippen LogP contribution in [-0.4, -0.2) is 34.5 Å². The first-order chi connectivity index (χ1) is 19.4. The van der Waals surface area contributed by atoms with E-state index < -0.39 is 29.9 Å². The number of amides is 2. The van der Waals surface area contributed by atoms with E-state index in [0.717, 1.165) is 21.9 Å². The quantitative estimate of drug-likeness (QED) is 0.157. The summed E-state index contributed by atoms with van der Waals surface area (Å²) in [6, 6.07) is 26.0. The third-order valence-corrected chi connectivity index (χ3v) is 8.14. The first-order valence-electron chi connectivity index (χ1n) is 13.2. The molecule has 2 saturated heterocycles. The predicted octanol–water partition coefficient (Wildman–Crippen LogP) is 5.16. The van der Waals surface area contributed by atoms with Crippen LogP contribution in [0.3, 0.4) is 0 Å². The van der Waals surface area contributed by atoms with Gasteiger partial charge in [0.15, 0.2) is 5.78 Å². The normalized spacial score (nSPS) is 22.7. The van der Waals surface area contributed by atoms with Gasteiger partial charge in [-0.15, -0.1) is 0 Å². The number of nitrogens with zero attached hydrogens (tertiary/aromatic N) is 2. The Morgan fingerprint density at radius 1 is 0.775 bits per heavy atom. The second-order valence-corrected chi connectivity index (χ2v) is 10.3. The number of esters is 1. The van der Waals surface area contributed by atoms with Crippen molar-refractivity contribution in [1.29, 1.82) is 0 Å². The average Bonchev–Trinajstić information content (AvgIpc) is 3.44.